The van der Waals surface area contributed by atoms with E-state index in [1.54, 1.807) is 0 Å². The van der Waals surface area contributed by atoms with Crippen molar-refractivity contribution in [3.63, 3.8) is 0 Å². The molecule has 1 aromatic heterocycles. The van der Waals surface area contributed by atoms with E-state index in [1.165, 1.54) is 0 Å². The van der Waals surface area contributed by atoms with Crippen LogP contribution in [0.25, 0.3) is 0 Å². The molecule has 4 heteroatoms. The largest absolute Gasteiger partial charge is 0.339 e. The van der Waals surface area contributed by atoms with Gasteiger partial charge in [-0.1, -0.05) is 12.1 Å². The zero-order chi connectivity index (χ0) is 8.81. The molecule has 0 aliphatic carbocycles. The summed E-state index contributed by atoms with van der Waals surface area (Å²) in [5.74, 6) is 2.16. The molecule has 0 saturated carbocycles. The van der Waals surface area contributed by atoms with Gasteiger partial charge in [-0.2, -0.15) is 4.98 Å². The van der Waals surface area contributed by atoms with Crippen LogP contribution in [0.3, 0.4) is 0 Å². The number of nitrogens with zero attached hydrogens (tertiary/aromatic N) is 2. The third kappa shape index (κ3) is 2.81. The number of aryl methyl sites for hydroxylation is 2. The van der Waals surface area contributed by atoms with E-state index in [4.69, 9.17) is 16.1 Å². The lowest BCUT2D eigenvalue weighted by Gasteiger charge is -1.87. The molecular weight excluding hydrogens is 176 g/mol. The van der Waals surface area contributed by atoms with E-state index < -0.39 is 0 Å². The van der Waals surface area contributed by atoms with Gasteiger partial charge in [0.05, 0.1) is 0 Å². The molecule has 0 spiro atoms. The molecule has 12 heavy (non-hydrogen) atoms. The van der Waals surface area contributed by atoms with Gasteiger partial charge in [-0.3, -0.25) is 0 Å². The van der Waals surface area contributed by atoms with Crippen molar-refractivity contribution in [2.45, 2.75) is 32.6 Å². The Labute approximate surface area is 77.1 Å². The van der Waals surface area contributed by atoms with Gasteiger partial charge in [0.25, 0.3) is 0 Å². The summed E-state index contributed by atoms with van der Waals surface area (Å²) in [6.07, 6.45) is 3.63. The molecule has 0 bridgehead atoms. The molecule has 0 unspecified atom stereocenters. The summed E-state index contributed by atoms with van der Waals surface area (Å²) in [6.45, 7) is 2.09. The standard InChI is InChI=1S/C8H13ClN2O/c1-2-4-7-10-8(12-11-7)5-3-6-9/h2-6H2,1H3. The van der Waals surface area contributed by atoms with Crippen LogP contribution in [0.1, 0.15) is 31.5 Å². The maximum atomic E-state index is 5.53. The lowest BCUT2D eigenvalue weighted by molar-refractivity contribution is 0.372. The van der Waals surface area contributed by atoms with Gasteiger partial charge in [-0.05, 0) is 12.8 Å². The zero-order valence-corrected chi connectivity index (χ0v) is 7.97. The predicted molar refractivity (Wildman–Crippen MR) is 47.3 cm³/mol. The first kappa shape index (κ1) is 9.52. The normalized spacial score (nSPS) is 10.5. The Morgan fingerprint density at radius 1 is 1.42 bits per heavy atom. The number of halogens is 1. The minimum absolute atomic E-state index is 0.644. The first-order valence-corrected chi connectivity index (χ1v) is 4.77. The Bertz CT molecular complexity index is 225. The van der Waals surface area contributed by atoms with Gasteiger partial charge in [0.15, 0.2) is 5.82 Å². The number of hydrogen-bond acceptors (Lipinski definition) is 3. The average molecular weight is 189 g/mol. The molecule has 3 nitrogen and oxygen atoms in total. The quantitative estimate of drug-likeness (QED) is 0.665. The fourth-order valence-corrected chi connectivity index (χ4v) is 1.07. The number of hydrogen-bond donors (Lipinski definition) is 0. The van der Waals surface area contributed by atoms with Crippen LogP contribution in [0, 0.1) is 0 Å². The molecule has 0 aliphatic heterocycles. The fourth-order valence-electron chi connectivity index (χ4n) is 0.935. The second-order valence-corrected chi connectivity index (χ2v) is 3.02. The molecule has 1 heterocycles. The van der Waals surface area contributed by atoms with Crippen molar-refractivity contribution in [1.82, 2.24) is 10.1 Å². The Hall–Kier alpha value is -0.570. The van der Waals surface area contributed by atoms with Gasteiger partial charge in [0, 0.05) is 18.7 Å². The molecule has 0 aliphatic rings. The van der Waals surface area contributed by atoms with Crippen LogP contribution in [-0.2, 0) is 12.8 Å². The third-order valence-electron chi connectivity index (χ3n) is 1.51. The van der Waals surface area contributed by atoms with Gasteiger partial charge in [0.1, 0.15) is 0 Å². The first-order chi connectivity index (χ1) is 5.86. The lowest BCUT2D eigenvalue weighted by Crippen LogP contribution is -1.88. The van der Waals surface area contributed by atoms with Crippen molar-refractivity contribution in [2.24, 2.45) is 0 Å². The summed E-state index contributed by atoms with van der Waals surface area (Å²) < 4.78 is 5.00. The number of rotatable bonds is 5. The molecule has 1 aromatic rings. The average Bonchev–Trinajstić information content (AvgIpc) is 2.50. The maximum absolute atomic E-state index is 5.53. The summed E-state index contributed by atoms with van der Waals surface area (Å²) in [7, 11) is 0. The molecule has 0 N–H and O–H groups in total. The maximum Gasteiger partial charge on any atom is 0.226 e. The van der Waals surface area contributed by atoms with Crippen molar-refractivity contribution < 1.29 is 4.52 Å². The van der Waals surface area contributed by atoms with Gasteiger partial charge >= 0.3 is 0 Å². The van der Waals surface area contributed by atoms with Crippen LogP contribution in [-0.4, -0.2) is 16.0 Å². The first-order valence-electron chi connectivity index (χ1n) is 4.24. The number of alkyl halides is 1. The van der Waals surface area contributed by atoms with Crippen LogP contribution in [0.15, 0.2) is 4.52 Å². The smallest absolute Gasteiger partial charge is 0.226 e. The Morgan fingerprint density at radius 2 is 2.25 bits per heavy atom. The zero-order valence-electron chi connectivity index (χ0n) is 7.22. The van der Waals surface area contributed by atoms with E-state index in [-0.39, 0.29) is 0 Å². The summed E-state index contributed by atoms with van der Waals surface area (Å²) in [6, 6.07) is 0. The summed E-state index contributed by atoms with van der Waals surface area (Å²) >= 11 is 5.53. The highest BCUT2D eigenvalue weighted by molar-refractivity contribution is 6.17. The lowest BCUT2D eigenvalue weighted by atomic mass is 10.3. The van der Waals surface area contributed by atoms with Gasteiger partial charge < -0.3 is 4.52 Å². The molecular formula is C8H13ClN2O. The molecule has 0 atom stereocenters. The summed E-state index contributed by atoms with van der Waals surface area (Å²) in [5, 5.41) is 3.83. The SMILES string of the molecule is CCCc1noc(CCCCl)n1. The van der Waals surface area contributed by atoms with Crippen molar-refractivity contribution in [1.29, 1.82) is 0 Å². The van der Waals surface area contributed by atoms with Gasteiger partial charge in [0.2, 0.25) is 5.89 Å². The van der Waals surface area contributed by atoms with Crippen molar-refractivity contribution in [3.05, 3.63) is 11.7 Å². The second-order valence-electron chi connectivity index (χ2n) is 2.65. The van der Waals surface area contributed by atoms with Crippen molar-refractivity contribution in [2.75, 3.05) is 5.88 Å². The monoisotopic (exact) mass is 188 g/mol. The highest BCUT2D eigenvalue weighted by Gasteiger charge is 2.03. The Kier molecular flexibility index (Phi) is 4.08. The van der Waals surface area contributed by atoms with E-state index in [9.17, 15) is 0 Å². The highest BCUT2D eigenvalue weighted by Crippen LogP contribution is 2.03. The van der Waals surface area contributed by atoms with Crippen LogP contribution in [0.5, 0.6) is 0 Å². The molecule has 0 radical (unpaired) electrons. The van der Waals surface area contributed by atoms with Gasteiger partial charge in [-0.15, -0.1) is 11.6 Å². The van der Waals surface area contributed by atoms with E-state index in [1.807, 2.05) is 0 Å². The molecule has 0 aromatic carbocycles. The number of aromatic nitrogens is 2. The minimum atomic E-state index is 0.644. The van der Waals surface area contributed by atoms with Crippen molar-refractivity contribution >= 4 is 11.6 Å². The van der Waals surface area contributed by atoms with E-state index in [2.05, 4.69) is 17.1 Å². The third-order valence-corrected chi connectivity index (χ3v) is 1.78. The van der Waals surface area contributed by atoms with E-state index in [0.29, 0.717) is 11.8 Å². The van der Waals surface area contributed by atoms with Crippen LogP contribution in [0.4, 0.5) is 0 Å². The van der Waals surface area contributed by atoms with E-state index >= 15 is 0 Å². The highest BCUT2D eigenvalue weighted by atomic mass is 35.5. The van der Waals surface area contributed by atoms with Crippen LogP contribution >= 0.6 is 11.6 Å². The van der Waals surface area contributed by atoms with Crippen LogP contribution in [0.2, 0.25) is 0 Å². The molecule has 0 fully saturated rings. The molecule has 68 valence electrons. The summed E-state index contributed by atoms with van der Waals surface area (Å²) in [4.78, 5) is 4.20. The fraction of sp³-hybridized carbons (Fsp3) is 0.750. The molecule has 1 rings (SSSR count). The molecule has 0 amide bonds. The molecule has 0 saturated heterocycles. The second kappa shape index (κ2) is 5.14. The predicted octanol–water partition coefficient (Wildman–Crippen LogP) is 2.19. The topological polar surface area (TPSA) is 38.9 Å². The summed E-state index contributed by atoms with van der Waals surface area (Å²) in [5.41, 5.74) is 0. The minimum Gasteiger partial charge on any atom is -0.339 e. The van der Waals surface area contributed by atoms with Crippen molar-refractivity contribution in [3.8, 4) is 0 Å². The van der Waals surface area contributed by atoms with E-state index in [0.717, 1.165) is 31.5 Å². The Balaban J connectivity index is 2.41. The van der Waals surface area contributed by atoms with Gasteiger partial charge in [-0.25, -0.2) is 0 Å². The Morgan fingerprint density at radius 3 is 2.92 bits per heavy atom. The van der Waals surface area contributed by atoms with Crippen LogP contribution < -0.4 is 0 Å².